The van der Waals surface area contributed by atoms with Gasteiger partial charge >= 0.3 is 5.97 Å². The van der Waals surface area contributed by atoms with E-state index in [1.807, 2.05) is 24.3 Å². The fourth-order valence-electron chi connectivity index (χ4n) is 4.11. The normalized spacial score (nSPS) is 10.9. The number of methoxy groups -OCH3 is 1. The summed E-state index contributed by atoms with van der Waals surface area (Å²) in [4.78, 5) is 23.5. The highest BCUT2D eigenvalue weighted by atomic mass is 32.1. The summed E-state index contributed by atoms with van der Waals surface area (Å²) in [5, 5.41) is 4.85. The summed E-state index contributed by atoms with van der Waals surface area (Å²) in [5.41, 5.74) is 5.13. The quantitative estimate of drug-likeness (QED) is 0.171. The van der Waals surface area contributed by atoms with Gasteiger partial charge in [0.25, 0.3) is 6.47 Å². The van der Waals surface area contributed by atoms with Gasteiger partial charge in [-0.1, -0.05) is 19.4 Å². The van der Waals surface area contributed by atoms with Gasteiger partial charge in [0, 0.05) is 23.6 Å². The molecule has 0 atom stereocenters. The Morgan fingerprint density at radius 1 is 1.11 bits per heavy atom. The lowest BCUT2D eigenvalue weighted by molar-refractivity contribution is -0.145. The van der Waals surface area contributed by atoms with Crippen LogP contribution in [0.3, 0.4) is 0 Å². The molecular weight excluding hydrogens is 508 g/mol. The van der Waals surface area contributed by atoms with E-state index in [0.717, 1.165) is 52.7 Å². The van der Waals surface area contributed by atoms with Crippen LogP contribution in [0.25, 0.3) is 11.0 Å². The summed E-state index contributed by atoms with van der Waals surface area (Å²) in [6, 6.07) is 11.3. The van der Waals surface area contributed by atoms with Crippen molar-refractivity contribution in [1.82, 2.24) is 18.5 Å². The van der Waals surface area contributed by atoms with Crippen molar-refractivity contribution in [3.05, 3.63) is 58.8 Å². The van der Waals surface area contributed by atoms with Gasteiger partial charge in [-0.2, -0.15) is 13.8 Å². The lowest BCUT2D eigenvalue weighted by Gasteiger charge is -2.14. The molecule has 2 aromatic heterocycles. The first kappa shape index (κ1) is 27.1. The van der Waals surface area contributed by atoms with Gasteiger partial charge in [-0.15, -0.1) is 0 Å². The Balaban J connectivity index is 1.69. The number of hydrogen-bond acceptors (Lipinski definition) is 10. The zero-order valence-corrected chi connectivity index (χ0v) is 22.5. The Morgan fingerprint density at radius 3 is 2.71 bits per heavy atom. The van der Waals surface area contributed by atoms with E-state index in [-0.39, 0.29) is 19.8 Å². The third kappa shape index (κ3) is 6.46. The maximum Gasteiger partial charge on any atom is 0.344 e. The monoisotopic (exact) mass is 538 g/mol. The molecule has 0 aliphatic carbocycles. The minimum absolute atomic E-state index is 0.244. The molecule has 0 aliphatic heterocycles. The molecule has 2 aromatic carbocycles. The summed E-state index contributed by atoms with van der Waals surface area (Å²) in [5.74, 6) is 0.924. The van der Waals surface area contributed by atoms with Crippen LogP contribution in [-0.4, -0.2) is 51.3 Å². The van der Waals surface area contributed by atoms with E-state index < -0.39 is 5.97 Å². The van der Waals surface area contributed by atoms with Crippen molar-refractivity contribution in [2.24, 2.45) is 0 Å². The van der Waals surface area contributed by atoms with Crippen molar-refractivity contribution in [3.8, 4) is 17.4 Å². The van der Waals surface area contributed by atoms with Gasteiger partial charge < -0.3 is 18.9 Å². The number of unbranched alkanes of at least 4 members (excludes halogenated alkanes) is 1. The standard InChI is InChI=1S/C27H30N4O6S/c1-4-6-7-22-21(12-18-8-11-23-24(13-18)30-38-29-23)27(37-17-32)31(28-22)15-19-9-10-20(34-3)14-25(19)36-16-26(33)35-5-2/h8-11,13-14,17H,4-7,12,15-16H2,1-3H3. The van der Waals surface area contributed by atoms with Crippen molar-refractivity contribution in [3.63, 3.8) is 0 Å². The minimum Gasteiger partial charge on any atom is -0.497 e. The van der Waals surface area contributed by atoms with Crippen LogP contribution in [0, 0.1) is 0 Å². The average Bonchev–Trinajstić information content (AvgIpc) is 3.52. The molecule has 0 saturated heterocycles. The molecule has 0 saturated carbocycles. The third-order valence-electron chi connectivity index (χ3n) is 5.95. The minimum atomic E-state index is -0.471. The maximum atomic E-state index is 11.9. The lowest BCUT2D eigenvalue weighted by Crippen LogP contribution is -2.16. The van der Waals surface area contributed by atoms with Crippen molar-refractivity contribution < 1.29 is 28.5 Å². The molecule has 11 heteroatoms. The second kappa shape index (κ2) is 13.0. The zero-order chi connectivity index (χ0) is 26.9. The molecular formula is C27H30N4O6S. The Kier molecular flexibility index (Phi) is 9.26. The number of benzene rings is 2. The van der Waals surface area contributed by atoms with Crippen molar-refractivity contribution in [1.29, 1.82) is 0 Å². The van der Waals surface area contributed by atoms with Gasteiger partial charge in [0.2, 0.25) is 5.88 Å². The van der Waals surface area contributed by atoms with E-state index in [4.69, 9.17) is 24.0 Å². The van der Waals surface area contributed by atoms with Gasteiger partial charge in [0.1, 0.15) is 22.5 Å². The first-order chi connectivity index (χ1) is 18.6. The lowest BCUT2D eigenvalue weighted by atomic mass is 10.0. The summed E-state index contributed by atoms with van der Waals surface area (Å²) in [7, 11) is 1.55. The van der Waals surface area contributed by atoms with E-state index in [9.17, 15) is 9.59 Å². The molecule has 4 rings (SSSR count). The number of nitrogens with zero attached hydrogens (tertiary/aromatic N) is 4. The van der Waals surface area contributed by atoms with Gasteiger partial charge in [0.05, 0.1) is 37.7 Å². The van der Waals surface area contributed by atoms with Crippen molar-refractivity contribution in [2.45, 2.75) is 46.1 Å². The first-order valence-corrected chi connectivity index (χ1v) is 13.1. The van der Waals surface area contributed by atoms with Gasteiger partial charge in [-0.05, 0) is 49.6 Å². The van der Waals surface area contributed by atoms with Gasteiger partial charge in [0.15, 0.2) is 6.61 Å². The molecule has 0 aliphatic rings. The molecule has 200 valence electrons. The molecule has 0 bridgehead atoms. The highest BCUT2D eigenvalue weighted by Crippen LogP contribution is 2.31. The summed E-state index contributed by atoms with van der Waals surface area (Å²) in [6.45, 7) is 4.54. The number of carbonyl (C=O) groups excluding carboxylic acids is 2. The Labute approximate surface area is 224 Å². The number of ether oxygens (including phenoxy) is 4. The number of carbonyl (C=O) groups is 2. The second-order valence-corrected chi connectivity index (χ2v) is 9.07. The van der Waals surface area contributed by atoms with Crippen molar-refractivity contribution in [2.75, 3.05) is 20.3 Å². The van der Waals surface area contributed by atoms with Crippen LogP contribution in [-0.2, 0) is 33.7 Å². The topological polar surface area (TPSA) is 115 Å². The highest BCUT2D eigenvalue weighted by molar-refractivity contribution is 7.00. The molecule has 0 unspecified atom stereocenters. The SMILES string of the molecule is CCCCc1nn(Cc2ccc(OC)cc2OCC(=O)OCC)c(OC=O)c1Cc1ccc2nsnc2c1. The smallest absolute Gasteiger partial charge is 0.344 e. The zero-order valence-electron chi connectivity index (χ0n) is 21.6. The molecule has 4 aromatic rings. The molecule has 10 nitrogen and oxygen atoms in total. The van der Waals surface area contributed by atoms with Gasteiger partial charge in [-0.25, -0.2) is 9.48 Å². The number of esters is 1. The number of aryl methyl sites for hydroxylation is 1. The maximum absolute atomic E-state index is 11.9. The van der Waals surface area contributed by atoms with Crippen molar-refractivity contribution >= 4 is 35.2 Å². The number of rotatable bonds is 14. The largest absolute Gasteiger partial charge is 0.497 e. The van der Waals surface area contributed by atoms with Crippen LogP contribution >= 0.6 is 11.7 Å². The van der Waals surface area contributed by atoms with E-state index in [1.54, 1.807) is 30.8 Å². The molecule has 2 heterocycles. The Hall–Kier alpha value is -3.99. The number of hydrogen-bond donors (Lipinski definition) is 0. The van der Waals surface area contributed by atoms with Crippen LogP contribution in [0.15, 0.2) is 36.4 Å². The predicted octanol–water partition coefficient (Wildman–Crippen LogP) is 4.36. The average molecular weight is 539 g/mol. The molecule has 0 spiro atoms. The predicted molar refractivity (Wildman–Crippen MR) is 142 cm³/mol. The second-order valence-electron chi connectivity index (χ2n) is 8.54. The van der Waals surface area contributed by atoms with E-state index in [0.29, 0.717) is 30.3 Å². The summed E-state index contributed by atoms with van der Waals surface area (Å²) < 4.78 is 31.9. The molecule has 0 radical (unpaired) electrons. The molecule has 0 amide bonds. The van der Waals surface area contributed by atoms with E-state index in [2.05, 4.69) is 15.7 Å². The van der Waals surface area contributed by atoms with Crippen LogP contribution in [0.4, 0.5) is 0 Å². The fraction of sp³-hybridized carbons (Fsp3) is 0.370. The van der Waals surface area contributed by atoms with Crippen LogP contribution in [0.2, 0.25) is 0 Å². The van der Waals surface area contributed by atoms with Crippen LogP contribution < -0.4 is 14.2 Å². The Bertz CT molecular complexity index is 1400. The number of aromatic nitrogens is 4. The Morgan fingerprint density at radius 2 is 1.95 bits per heavy atom. The third-order valence-corrected chi connectivity index (χ3v) is 6.51. The molecule has 38 heavy (non-hydrogen) atoms. The van der Waals surface area contributed by atoms with Gasteiger partial charge in [-0.3, -0.25) is 4.79 Å². The van der Waals surface area contributed by atoms with Crippen LogP contribution in [0.5, 0.6) is 17.4 Å². The highest BCUT2D eigenvalue weighted by Gasteiger charge is 2.22. The van der Waals surface area contributed by atoms with Crippen LogP contribution in [0.1, 0.15) is 49.1 Å². The first-order valence-electron chi connectivity index (χ1n) is 12.4. The summed E-state index contributed by atoms with van der Waals surface area (Å²) >= 11 is 1.17. The van der Waals surface area contributed by atoms with E-state index in [1.165, 1.54) is 11.7 Å². The fourth-order valence-corrected chi connectivity index (χ4v) is 4.62. The molecule has 0 N–H and O–H groups in total. The summed E-state index contributed by atoms with van der Waals surface area (Å²) in [6.07, 6.45) is 3.20. The number of fused-ring (bicyclic) bond motifs is 1. The van der Waals surface area contributed by atoms with E-state index >= 15 is 0 Å². The molecule has 0 fully saturated rings.